The van der Waals surface area contributed by atoms with Crippen LogP contribution >= 0.6 is 0 Å². The van der Waals surface area contributed by atoms with Gasteiger partial charge in [-0.15, -0.1) is 5.10 Å². The standard InChI is InChI=1S/C14H16N4O2/c1-9-10-4-2-3-5-11(10)13(17-16-9)18-7-6-15-8-12(18)14(19)20/h2-5,12,15H,6-8H2,1H3,(H,19,20). The smallest absolute Gasteiger partial charge is 0.327 e. The SMILES string of the molecule is Cc1nnc(N2CCNCC2C(=O)O)c2ccccc12. The number of piperazine rings is 1. The predicted octanol–water partition coefficient (Wildman–Crippen LogP) is 0.801. The van der Waals surface area contributed by atoms with Crippen molar-refractivity contribution in [1.82, 2.24) is 15.5 Å². The lowest BCUT2D eigenvalue weighted by molar-refractivity contribution is -0.138. The van der Waals surface area contributed by atoms with E-state index < -0.39 is 12.0 Å². The van der Waals surface area contributed by atoms with Crippen molar-refractivity contribution in [2.24, 2.45) is 0 Å². The number of anilines is 1. The number of hydrogen-bond donors (Lipinski definition) is 2. The molecule has 20 heavy (non-hydrogen) atoms. The number of nitrogens with one attached hydrogen (secondary N) is 1. The van der Waals surface area contributed by atoms with Crippen LogP contribution in [0, 0.1) is 6.92 Å². The topological polar surface area (TPSA) is 78.4 Å². The zero-order valence-corrected chi connectivity index (χ0v) is 11.2. The van der Waals surface area contributed by atoms with Crippen LogP contribution in [-0.2, 0) is 4.79 Å². The van der Waals surface area contributed by atoms with E-state index in [9.17, 15) is 9.90 Å². The molecule has 1 aliphatic heterocycles. The van der Waals surface area contributed by atoms with E-state index in [0.717, 1.165) is 23.0 Å². The van der Waals surface area contributed by atoms with Gasteiger partial charge in [0, 0.05) is 30.4 Å². The average Bonchev–Trinajstić information content (AvgIpc) is 2.48. The molecular weight excluding hydrogens is 256 g/mol. The van der Waals surface area contributed by atoms with Crippen molar-refractivity contribution in [1.29, 1.82) is 0 Å². The first-order chi connectivity index (χ1) is 9.68. The summed E-state index contributed by atoms with van der Waals surface area (Å²) in [5, 5.41) is 22.9. The van der Waals surface area contributed by atoms with E-state index in [2.05, 4.69) is 15.5 Å². The van der Waals surface area contributed by atoms with Crippen LogP contribution in [0.1, 0.15) is 5.69 Å². The minimum atomic E-state index is -0.844. The molecule has 0 radical (unpaired) electrons. The Bertz CT molecular complexity index is 659. The van der Waals surface area contributed by atoms with Crippen molar-refractivity contribution in [3.8, 4) is 0 Å². The van der Waals surface area contributed by atoms with Crippen LogP contribution in [0.15, 0.2) is 24.3 Å². The molecule has 1 aromatic heterocycles. The summed E-state index contributed by atoms with van der Waals surface area (Å²) in [5.74, 6) is -0.191. The molecule has 0 saturated carbocycles. The maximum absolute atomic E-state index is 11.4. The van der Waals surface area contributed by atoms with Gasteiger partial charge in [0.15, 0.2) is 5.82 Å². The number of aromatic nitrogens is 2. The molecule has 1 fully saturated rings. The number of rotatable bonds is 2. The van der Waals surface area contributed by atoms with Crippen molar-refractivity contribution in [2.45, 2.75) is 13.0 Å². The Hall–Kier alpha value is -2.21. The molecule has 1 aliphatic rings. The number of carboxylic acids is 1. The normalized spacial score (nSPS) is 19.2. The first kappa shape index (κ1) is 12.8. The molecule has 0 spiro atoms. The summed E-state index contributed by atoms with van der Waals surface area (Å²) in [7, 11) is 0. The summed E-state index contributed by atoms with van der Waals surface area (Å²) in [6.07, 6.45) is 0. The molecule has 1 saturated heterocycles. The van der Waals surface area contributed by atoms with Gasteiger partial charge < -0.3 is 15.3 Å². The van der Waals surface area contributed by atoms with Gasteiger partial charge in [-0.1, -0.05) is 24.3 Å². The third kappa shape index (κ3) is 2.08. The van der Waals surface area contributed by atoms with Crippen LogP contribution in [-0.4, -0.2) is 46.9 Å². The lowest BCUT2D eigenvalue weighted by Gasteiger charge is -2.34. The second-order valence-corrected chi connectivity index (χ2v) is 4.91. The maximum atomic E-state index is 11.4. The number of nitrogens with zero attached hydrogens (tertiary/aromatic N) is 3. The first-order valence-corrected chi connectivity index (χ1v) is 6.60. The molecule has 1 unspecified atom stereocenters. The molecular formula is C14H16N4O2. The van der Waals surface area contributed by atoms with Crippen LogP contribution in [0.4, 0.5) is 5.82 Å². The Morgan fingerprint density at radius 1 is 1.35 bits per heavy atom. The third-order valence-electron chi connectivity index (χ3n) is 3.65. The highest BCUT2D eigenvalue weighted by Crippen LogP contribution is 2.27. The van der Waals surface area contributed by atoms with Gasteiger partial charge in [0.05, 0.1) is 5.69 Å². The van der Waals surface area contributed by atoms with Crippen molar-refractivity contribution in [3.05, 3.63) is 30.0 Å². The lowest BCUT2D eigenvalue weighted by atomic mass is 10.1. The van der Waals surface area contributed by atoms with E-state index in [1.54, 1.807) is 0 Å². The van der Waals surface area contributed by atoms with Crippen molar-refractivity contribution in [2.75, 3.05) is 24.5 Å². The Morgan fingerprint density at radius 3 is 2.85 bits per heavy atom. The highest BCUT2D eigenvalue weighted by molar-refractivity contribution is 5.94. The quantitative estimate of drug-likeness (QED) is 0.842. The molecule has 3 rings (SSSR count). The fourth-order valence-electron chi connectivity index (χ4n) is 2.61. The third-order valence-corrected chi connectivity index (χ3v) is 3.65. The summed E-state index contributed by atoms with van der Waals surface area (Å²) in [6.45, 7) is 3.68. The molecule has 104 valence electrons. The number of benzene rings is 1. The Balaban J connectivity index is 2.13. The van der Waals surface area contributed by atoms with Gasteiger partial charge in [0.1, 0.15) is 6.04 Å². The van der Waals surface area contributed by atoms with Gasteiger partial charge in [0.25, 0.3) is 0 Å². The summed E-state index contributed by atoms with van der Waals surface area (Å²) in [5.41, 5.74) is 0.853. The highest BCUT2D eigenvalue weighted by Gasteiger charge is 2.30. The minimum Gasteiger partial charge on any atom is -0.480 e. The average molecular weight is 272 g/mol. The molecule has 0 aliphatic carbocycles. The van der Waals surface area contributed by atoms with E-state index in [1.165, 1.54) is 0 Å². The van der Waals surface area contributed by atoms with Gasteiger partial charge in [0.2, 0.25) is 0 Å². The van der Waals surface area contributed by atoms with E-state index in [-0.39, 0.29) is 0 Å². The van der Waals surface area contributed by atoms with Gasteiger partial charge in [-0.25, -0.2) is 4.79 Å². The van der Waals surface area contributed by atoms with Gasteiger partial charge in [-0.05, 0) is 6.92 Å². The largest absolute Gasteiger partial charge is 0.480 e. The minimum absolute atomic E-state index is 0.416. The monoisotopic (exact) mass is 272 g/mol. The Kier molecular flexibility index (Phi) is 3.23. The van der Waals surface area contributed by atoms with Crippen LogP contribution in [0.2, 0.25) is 0 Å². The zero-order chi connectivity index (χ0) is 14.1. The lowest BCUT2D eigenvalue weighted by Crippen LogP contribution is -2.55. The summed E-state index contributed by atoms with van der Waals surface area (Å²) in [4.78, 5) is 13.2. The van der Waals surface area contributed by atoms with Crippen molar-refractivity contribution >= 4 is 22.6 Å². The fourth-order valence-corrected chi connectivity index (χ4v) is 2.61. The molecule has 6 heteroatoms. The van der Waals surface area contributed by atoms with Gasteiger partial charge >= 0.3 is 5.97 Å². The van der Waals surface area contributed by atoms with Crippen LogP contribution in [0.25, 0.3) is 10.8 Å². The van der Waals surface area contributed by atoms with E-state index >= 15 is 0 Å². The Labute approximate surface area is 116 Å². The molecule has 2 N–H and O–H groups in total. The molecule has 0 amide bonds. The number of fused-ring (bicyclic) bond motifs is 1. The molecule has 2 aromatic rings. The van der Waals surface area contributed by atoms with E-state index in [1.807, 2.05) is 36.1 Å². The summed E-state index contributed by atoms with van der Waals surface area (Å²) in [6, 6.07) is 7.23. The number of hydrogen-bond acceptors (Lipinski definition) is 5. The second-order valence-electron chi connectivity index (χ2n) is 4.91. The van der Waals surface area contributed by atoms with Gasteiger partial charge in [-0.2, -0.15) is 5.10 Å². The van der Waals surface area contributed by atoms with E-state index in [0.29, 0.717) is 18.9 Å². The summed E-state index contributed by atoms with van der Waals surface area (Å²) < 4.78 is 0. The first-order valence-electron chi connectivity index (χ1n) is 6.60. The molecule has 1 atom stereocenters. The number of carboxylic acid groups (broad SMARTS) is 1. The zero-order valence-electron chi connectivity index (χ0n) is 11.2. The highest BCUT2D eigenvalue weighted by atomic mass is 16.4. The predicted molar refractivity (Wildman–Crippen MR) is 75.9 cm³/mol. The number of carbonyl (C=O) groups is 1. The number of aryl methyl sites for hydroxylation is 1. The number of aliphatic carboxylic acids is 1. The van der Waals surface area contributed by atoms with Crippen molar-refractivity contribution in [3.63, 3.8) is 0 Å². The van der Waals surface area contributed by atoms with Gasteiger partial charge in [-0.3, -0.25) is 0 Å². The Morgan fingerprint density at radius 2 is 2.10 bits per heavy atom. The van der Waals surface area contributed by atoms with Crippen LogP contribution in [0.5, 0.6) is 0 Å². The molecule has 1 aromatic carbocycles. The van der Waals surface area contributed by atoms with Crippen molar-refractivity contribution < 1.29 is 9.90 Å². The molecule has 0 bridgehead atoms. The van der Waals surface area contributed by atoms with Crippen LogP contribution < -0.4 is 10.2 Å². The maximum Gasteiger partial charge on any atom is 0.327 e. The fraction of sp³-hybridized carbons (Fsp3) is 0.357. The van der Waals surface area contributed by atoms with E-state index in [4.69, 9.17) is 0 Å². The second kappa shape index (κ2) is 5.05. The molecule has 6 nitrogen and oxygen atoms in total. The van der Waals surface area contributed by atoms with Crippen LogP contribution in [0.3, 0.4) is 0 Å². The molecule has 2 heterocycles. The summed E-state index contributed by atoms with van der Waals surface area (Å²) >= 11 is 0.